The fourth-order valence-corrected chi connectivity index (χ4v) is 0.740. The third kappa shape index (κ3) is 1.57. The highest BCUT2D eigenvalue weighted by Crippen LogP contribution is 2.04. The summed E-state index contributed by atoms with van der Waals surface area (Å²) < 4.78 is 12.8. The van der Waals surface area contributed by atoms with Crippen molar-refractivity contribution >= 4 is 22.6 Å². The molecule has 0 aliphatic carbocycles. The predicted octanol–water partition coefficient (Wildman–Crippen LogP) is 1.53. The van der Waals surface area contributed by atoms with Crippen molar-refractivity contribution in [1.29, 1.82) is 0 Å². The van der Waals surface area contributed by atoms with Gasteiger partial charge in [0.2, 0.25) is 0 Å². The molecular formula is C5H4FIN2. The van der Waals surface area contributed by atoms with Gasteiger partial charge < -0.3 is 0 Å². The summed E-state index contributed by atoms with van der Waals surface area (Å²) in [6.45, 7) is 1.83. The lowest BCUT2D eigenvalue weighted by atomic mass is 10.4. The maximum atomic E-state index is 12.1. The normalized spacial score (nSPS) is 9.67. The third-order valence-electron chi connectivity index (χ3n) is 0.881. The standard InChI is InChI=1S/C5H4FIN2/c1-3-2-8-5(6)9-4(3)7/h2H,1H3. The summed E-state index contributed by atoms with van der Waals surface area (Å²) in [7, 11) is 0. The van der Waals surface area contributed by atoms with Crippen LogP contribution >= 0.6 is 22.6 Å². The van der Waals surface area contributed by atoms with Crippen LogP contribution in [0.5, 0.6) is 0 Å². The summed E-state index contributed by atoms with van der Waals surface area (Å²) in [5, 5.41) is 0. The van der Waals surface area contributed by atoms with Gasteiger partial charge in [0.05, 0.1) is 0 Å². The molecule has 0 N–H and O–H groups in total. The lowest BCUT2D eigenvalue weighted by Crippen LogP contribution is -1.93. The average molecular weight is 238 g/mol. The van der Waals surface area contributed by atoms with E-state index < -0.39 is 6.08 Å². The second-order valence-electron chi connectivity index (χ2n) is 1.61. The van der Waals surface area contributed by atoms with Crippen molar-refractivity contribution in [2.45, 2.75) is 6.92 Å². The van der Waals surface area contributed by atoms with Crippen molar-refractivity contribution in [3.05, 3.63) is 21.5 Å². The lowest BCUT2D eigenvalue weighted by molar-refractivity contribution is 0.534. The van der Waals surface area contributed by atoms with Crippen LogP contribution < -0.4 is 0 Å². The van der Waals surface area contributed by atoms with Crippen LogP contribution in [0.25, 0.3) is 0 Å². The van der Waals surface area contributed by atoms with E-state index in [1.54, 1.807) is 0 Å². The molecule has 0 bridgehead atoms. The molecule has 0 aliphatic rings. The Balaban J connectivity index is 3.17. The molecule has 0 aromatic carbocycles. The van der Waals surface area contributed by atoms with Crippen molar-refractivity contribution in [3.63, 3.8) is 0 Å². The largest absolute Gasteiger partial charge is 0.309 e. The summed E-state index contributed by atoms with van der Waals surface area (Å²) in [5.74, 6) is 0. The summed E-state index contributed by atoms with van der Waals surface area (Å²) in [6, 6.07) is 0. The van der Waals surface area contributed by atoms with E-state index in [1.807, 2.05) is 29.5 Å². The fourth-order valence-electron chi connectivity index (χ4n) is 0.401. The molecule has 1 aromatic rings. The number of rotatable bonds is 0. The van der Waals surface area contributed by atoms with Gasteiger partial charge in [0.25, 0.3) is 0 Å². The van der Waals surface area contributed by atoms with Gasteiger partial charge in [-0.05, 0) is 35.1 Å². The van der Waals surface area contributed by atoms with Crippen molar-refractivity contribution in [2.75, 3.05) is 0 Å². The Morgan fingerprint density at radius 2 is 2.33 bits per heavy atom. The SMILES string of the molecule is Cc1cnc(F)nc1I. The van der Waals surface area contributed by atoms with E-state index in [9.17, 15) is 4.39 Å². The minimum atomic E-state index is -0.662. The first-order chi connectivity index (χ1) is 4.20. The van der Waals surface area contributed by atoms with Crippen LogP contribution in [0.2, 0.25) is 0 Å². The molecule has 0 fully saturated rings. The van der Waals surface area contributed by atoms with E-state index in [1.165, 1.54) is 6.20 Å². The Hall–Kier alpha value is -0.260. The van der Waals surface area contributed by atoms with Gasteiger partial charge in [-0.3, -0.25) is 0 Å². The molecule has 4 heteroatoms. The molecule has 48 valence electrons. The zero-order valence-corrected chi connectivity index (χ0v) is 6.89. The zero-order chi connectivity index (χ0) is 6.85. The van der Waals surface area contributed by atoms with Gasteiger partial charge in [-0.25, -0.2) is 4.98 Å². The molecule has 0 radical (unpaired) electrons. The van der Waals surface area contributed by atoms with Gasteiger partial charge in [-0.15, -0.1) is 0 Å². The minimum absolute atomic E-state index is 0.662. The smallest absolute Gasteiger partial charge is 0.210 e. The van der Waals surface area contributed by atoms with Gasteiger partial charge in [0, 0.05) is 6.20 Å². The van der Waals surface area contributed by atoms with Crippen molar-refractivity contribution in [3.8, 4) is 0 Å². The monoisotopic (exact) mass is 238 g/mol. The number of halogens is 2. The van der Waals surface area contributed by atoms with Crippen molar-refractivity contribution < 1.29 is 4.39 Å². The van der Waals surface area contributed by atoms with Gasteiger partial charge >= 0.3 is 6.08 Å². The van der Waals surface area contributed by atoms with Crippen LogP contribution in [0.1, 0.15) is 5.56 Å². The highest BCUT2D eigenvalue weighted by molar-refractivity contribution is 14.1. The molecule has 1 aromatic heterocycles. The quantitative estimate of drug-likeness (QED) is 0.389. The Kier molecular flexibility index (Phi) is 1.94. The second kappa shape index (κ2) is 2.55. The second-order valence-corrected chi connectivity index (χ2v) is 2.63. The first-order valence-electron chi connectivity index (χ1n) is 2.35. The molecule has 0 amide bonds. The van der Waals surface area contributed by atoms with Crippen LogP contribution in [0, 0.1) is 16.7 Å². The molecule has 2 nitrogen and oxygen atoms in total. The Morgan fingerprint density at radius 3 is 2.78 bits per heavy atom. The summed E-state index contributed by atoms with van der Waals surface area (Å²) >= 11 is 1.96. The highest BCUT2D eigenvalue weighted by Gasteiger charge is 1.96. The number of aromatic nitrogens is 2. The summed E-state index contributed by atoms with van der Waals surface area (Å²) in [4.78, 5) is 6.84. The van der Waals surface area contributed by atoms with Gasteiger partial charge in [0.1, 0.15) is 3.70 Å². The van der Waals surface area contributed by atoms with Gasteiger partial charge in [0.15, 0.2) is 0 Å². The first kappa shape index (κ1) is 6.85. The van der Waals surface area contributed by atoms with Gasteiger partial charge in [-0.2, -0.15) is 9.37 Å². The highest BCUT2D eigenvalue weighted by atomic mass is 127. The molecule has 0 saturated carbocycles. The predicted molar refractivity (Wildman–Crippen MR) is 39.4 cm³/mol. The molecule has 0 spiro atoms. The lowest BCUT2D eigenvalue weighted by Gasteiger charge is -1.92. The van der Waals surface area contributed by atoms with Gasteiger partial charge in [-0.1, -0.05) is 0 Å². The molecule has 9 heavy (non-hydrogen) atoms. The van der Waals surface area contributed by atoms with Crippen LogP contribution in [0.3, 0.4) is 0 Å². The van der Waals surface area contributed by atoms with Crippen molar-refractivity contribution in [1.82, 2.24) is 9.97 Å². The van der Waals surface area contributed by atoms with Crippen LogP contribution in [0.4, 0.5) is 4.39 Å². The maximum Gasteiger partial charge on any atom is 0.309 e. The molecule has 0 unspecified atom stereocenters. The minimum Gasteiger partial charge on any atom is -0.210 e. The van der Waals surface area contributed by atoms with E-state index in [0.29, 0.717) is 3.70 Å². The molecule has 0 aliphatic heterocycles. The van der Waals surface area contributed by atoms with E-state index >= 15 is 0 Å². The number of aryl methyl sites for hydroxylation is 1. The van der Waals surface area contributed by atoms with E-state index in [0.717, 1.165) is 5.56 Å². The van der Waals surface area contributed by atoms with E-state index in [4.69, 9.17) is 0 Å². The maximum absolute atomic E-state index is 12.1. The van der Waals surface area contributed by atoms with Crippen molar-refractivity contribution in [2.24, 2.45) is 0 Å². The number of hydrogen-bond acceptors (Lipinski definition) is 2. The average Bonchev–Trinajstić information content (AvgIpc) is 1.80. The Labute approximate surface area is 65.7 Å². The van der Waals surface area contributed by atoms with Crippen LogP contribution in [0.15, 0.2) is 6.20 Å². The summed E-state index contributed by atoms with van der Waals surface area (Å²) in [6.07, 6.45) is 0.800. The van der Waals surface area contributed by atoms with E-state index in [2.05, 4.69) is 9.97 Å². The molecule has 0 saturated heterocycles. The summed E-state index contributed by atoms with van der Waals surface area (Å²) in [5.41, 5.74) is 0.900. The number of hydrogen-bond donors (Lipinski definition) is 0. The van der Waals surface area contributed by atoms with Crippen LogP contribution in [-0.2, 0) is 0 Å². The molecule has 0 atom stereocenters. The molecular weight excluding hydrogens is 234 g/mol. The zero-order valence-electron chi connectivity index (χ0n) is 4.73. The Bertz CT molecular complexity index is 226. The Morgan fingerprint density at radius 1 is 1.67 bits per heavy atom. The third-order valence-corrected chi connectivity index (χ3v) is 1.97. The molecule has 1 rings (SSSR count). The fraction of sp³-hybridized carbons (Fsp3) is 0.200. The molecule has 1 heterocycles. The first-order valence-corrected chi connectivity index (χ1v) is 3.42. The van der Waals surface area contributed by atoms with Crippen LogP contribution in [-0.4, -0.2) is 9.97 Å². The van der Waals surface area contributed by atoms with E-state index in [-0.39, 0.29) is 0 Å². The number of nitrogens with zero attached hydrogens (tertiary/aromatic N) is 2. The topological polar surface area (TPSA) is 25.8 Å².